The first-order chi connectivity index (χ1) is 14.3. The van der Waals surface area contributed by atoms with E-state index in [0.717, 1.165) is 31.0 Å². The molecule has 2 N–H and O–H groups in total. The lowest BCUT2D eigenvalue weighted by molar-refractivity contribution is 0.716. The van der Waals surface area contributed by atoms with Crippen molar-refractivity contribution >= 4 is 11.8 Å². The molecule has 2 atom stereocenters. The Hall–Kier alpha value is -2.17. The van der Waals surface area contributed by atoms with Crippen molar-refractivity contribution in [2.24, 2.45) is 0 Å². The lowest BCUT2D eigenvalue weighted by atomic mass is 10.2. The van der Waals surface area contributed by atoms with Gasteiger partial charge >= 0.3 is 0 Å². The fourth-order valence-electron chi connectivity index (χ4n) is 3.23. The van der Waals surface area contributed by atoms with Crippen LogP contribution in [-0.2, 0) is 0 Å². The van der Waals surface area contributed by atoms with E-state index in [9.17, 15) is 0 Å². The number of aryl methyl sites for hydroxylation is 1. The lowest BCUT2D eigenvalue weighted by Crippen LogP contribution is -2.22. The molecule has 0 bridgehead atoms. The van der Waals surface area contributed by atoms with Crippen molar-refractivity contribution in [2.75, 3.05) is 10.6 Å². The fraction of sp³-hybridized carbons (Fsp3) is 0.625. The summed E-state index contributed by atoms with van der Waals surface area (Å²) in [5.74, 6) is 2.44. The Bertz CT molecular complexity index is 661. The Kier molecular flexibility index (Phi) is 11.9. The quantitative estimate of drug-likeness (QED) is 0.559. The number of hydrogen-bond donors (Lipinski definition) is 2. The largest absolute Gasteiger partial charge is 0.367 e. The van der Waals surface area contributed by atoms with Gasteiger partial charge in [-0.1, -0.05) is 47.6 Å². The molecule has 166 valence electrons. The smallest absolute Gasteiger partial charge is 0.222 e. The molecule has 0 aromatic carbocycles. The first-order valence-electron chi connectivity index (χ1n) is 11.5. The zero-order valence-corrected chi connectivity index (χ0v) is 19.5. The summed E-state index contributed by atoms with van der Waals surface area (Å²) in [5.41, 5.74) is 2.47. The van der Waals surface area contributed by atoms with E-state index in [1.165, 1.54) is 24.0 Å². The molecule has 5 heteroatoms. The first kappa shape index (κ1) is 24.9. The van der Waals surface area contributed by atoms with Crippen molar-refractivity contribution in [3.8, 4) is 0 Å². The predicted octanol–water partition coefficient (Wildman–Crippen LogP) is 7.07. The maximum atomic E-state index is 4.47. The van der Waals surface area contributed by atoms with E-state index < -0.39 is 0 Å². The minimum atomic E-state index is 0. The highest BCUT2D eigenvalue weighted by atomic mass is 15.1. The molecular weight excluding hydrogens is 358 g/mol. The van der Waals surface area contributed by atoms with Gasteiger partial charge in [0.15, 0.2) is 0 Å². The average Bonchev–Trinajstić information content (AvgIpc) is 3.55. The van der Waals surface area contributed by atoms with Crippen LogP contribution in [0, 0.1) is 6.92 Å². The van der Waals surface area contributed by atoms with Crippen LogP contribution in [0.2, 0.25) is 0 Å². The van der Waals surface area contributed by atoms with Crippen LogP contribution >= 0.6 is 0 Å². The zero-order chi connectivity index (χ0) is 21.6. The molecule has 2 aromatic rings. The van der Waals surface area contributed by atoms with E-state index in [0.29, 0.717) is 18.0 Å². The molecule has 0 amide bonds. The molecule has 2 aromatic heterocycles. The normalized spacial score (nSPS) is 19.4. The lowest BCUT2D eigenvalue weighted by Gasteiger charge is -2.15. The SMILES string of the molecule is CC.CC.CC.Cc1ccc(N[C@H]2CC[C@H](Nc3ncc(C4CC4)cn3)C2)nc1.[HH].[HH]. The van der Waals surface area contributed by atoms with Gasteiger partial charge in [0.05, 0.1) is 0 Å². The number of hydrogen-bond acceptors (Lipinski definition) is 5. The van der Waals surface area contributed by atoms with Crippen LogP contribution in [0.1, 0.15) is 93.5 Å². The second kappa shape index (κ2) is 13.9. The van der Waals surface area contributed by atoms with E-state index in [-0.39, 0.29) is 2.85 Å². The number of pyridine rings is 1. The van der Waals surface area contributed by atoms with E-state index in [1.807, 2.05) is 60.1 Å². The van der Waals surface area contributed by atoms with E-state index in [2.05, 4.69) is 44.6 Å². The minimum absolute atomic E-state index is 0. The van der Waals surface area contributed by atoms with Crippen LogP contribution in [0.4, 0.5) is 11.8 Å². The van der Waals surface area contributed by atoms with Gasteiger partial charge in [0.2, 0.25) is 5.95 Å². The summed E-state index contributed by atoms with van der Waals surface area (Å²) in [6, 6.07) is 5.05. The molecular formula is C24H45N5. The van der Waals surface area contributed by atoms with Crippen LogP contribution in [0.3, 0.4) is 0 Å². The third kappa shape index (κ3) is 8.38. The van der Waals surface area contributed by atoms with Crippen LogP contribution < -0.4 is 10.6 Å². The molecule has 2 aliphatic carbocycles. The summed E-state index contributed by atoms with van der Waals surface area (Å²) < 4.78 is 0. The maximum absolute atomic E-state index is 4.47. The third-order valence-corrected chi connectivity index (χ3v) is 4.75. The Morgan fingerprint density at radius 2 is 1.34 bits per heavy atom. The van der Waals surface area contributed by atoms with Crippen molar-refractivity contribution < 1.29 is 2.85 Å². The Balaban J connectivity index is 0. The second-order valence-corrected chi connectivity index (χ2v) is 6.83. The fourth-order valence-corrected chi connectivity index (χ4v) is 3.23. The summed E-state index contributed by atoms with van der Waals surface area (Å²) in [6.07, 6.45) is 11.8. The monoisotopic (exact) mass is 403 g/mol. The number of nitrogens with zero attached hydrogens (tertiary/aromatic N) is 3. The topological polar surface area (TPSA) is 62.7 Å². The Morgan fingerprint density at radius 1 is 0.759 bits per heavy atom. The average molecular weight is 404 g/mol. The molecule has 0 aliphatic heterocycles. The second-order valence-electron chi connectivity index (χ2n) is 6.83. The van der Waals surface area contributed by atoms with Gasteiger partial charge in [-0.05, 0) is 62.1 Å². The van der Waals surface area contributed by atoms with Gasteiger partial charge in [0, 0.05) is 33.5 Å². The third-order valence-electron chi connectivity index (χ3n) is 4.75. The van der Waals surface area contributed by atoms with Gasteiger partial charge in [-0.2, -0.15) is 0 Å². The molecule has 0 saturated heterocycles. The van der Waals surface area contributed by atoms with E-state index >= 15 is 0 Å². The molecule has 0 radical (unpaired) electrons. The van der Waals surface area contributed by atoms with Gasteiger partial charge in [-0.25, -0.2) is 15.0 Å². The van der Waals surface area contributed by atoms with Crippen LogP contribution in [0.5, 0.6) is 0 Å². The van der Waals surface area contributed by atoms with Crippen molar-refractivity contribution in [1.82, 2.24) is 15.0 Å². The standard InChI is InChI=1S/C18H23N5.3C2H6.2H2/c1-12-2-7-17(19-9-12)22-15-5-6-16(8-15)23-18-20-10-14(11-21-18)13-3-4-13;3*1-2;;/h2,7,9-11,13,15-16H,3-6,8H2,1H3,(H,19,22)(H,20,21,23);3*1-2H3;2*1H/t15-,16-;;;;;/m0...../s1. The van der Waals surface area contributed by atoms with E-state index in [4.69, 9.17) is 0 Å². The highest BCUT2D eigenvalue weighted by Crippen LogP contribution is 2.39. The molecule has 2 saturated carbocycles. The van der Waals surface area contributed by atoms with Crippen molar-refractivity contribution in [3.63, 3.8) is 0 Å². The van der Waals surface area contributed by atoms with Crippen LogP contribution in [-0.4, -0.2) is 27.0 Å². The number of aromatic nitrogens is 3. The molecule has 29 heavy (non-hydrogen) atoms. The summed E-state index contributed by atoms with van der Waals surface area (Å²) in [7, 11) is 0. The van der Waals surface area contributed by atoms with Crippen molar-refractivity contribution in [2.45, 2.75) is 98.6 Å². The highest BCUT2D eigenvalue weighted by Gasteiger charge is 2.26. The first-order valence-corrected chi connectivity index (χ1v) is 11.5. The van der Waals surface area contributed by atoms with Crippen molar-refractivity contribution in [1.29, 1.82) is 0 Å². The summed E-state index contributed by atoms with van der Waals surface area (Å²) in [5, 5.41) is 6.99. The van der Waals surface area contributed by atoms with Gasteiger partial charge in [0.25, 0.3) is 0 Å². The summed E-state index contributed by atoms with van der Waals surface area (Å²) in [4.78, 5) is 13.4. The summed E-state index contributed by atoms with van der Waals surface area (Å²) >= 11 is 0. The van der Waals surface area contributed by atoms with Gasteiger partial charge < -0.3 is 10.6 Å². The molecule has 2 aliphatic rings. The molecule has 4 rings (SSSR count). The zero-order valence-electron chi connectivity index (χ0n) is 19.5. The predicted molar refractivity (Wildman–Crippen MR) is 130 cm³/mol. The van der Waals surface area contributed by atoms with Gasteiger partial charge in [-0.15, -0.1) is 0 Å². The number of nitrogens with one attached hydrogen (secondary N) is 2. The maximum Gasteiger partial charge on any atom is 0.222 e. The van der Waals surface area contributed by atoms with Crippen LogP contribution in [0.15, 0.2) is 30.7 Å². The highest BCUT2D eigenvalue weighted by molar-refractivity contribution is 5.37. The number of anilines is 2. The molecule has 0 unspecified atom stereocenters. The molecule has 5 nitrogen and oxygen atoms in total. The van der Waals surface area contributed by atoms with Gasteiger partial charge in [0.1, 0.15) is 5.82 Å². The van der Waals surface area contributed by atoms with Gasteiger partial charge in [-0.3, -0.25) is 0 Å². The summed E-state index contributed by atoms with van der Waals surface area (Å²) in [6.45, 7) is 14.1. The van der Waals surface area contributed by atoms with E-state index in [1.54, 1.807) is 0 Å². The molecule has 0 spiro atoms. The number of rotatable bonds is 5. The minimum Gasteiger partial charge on any atom is -0.367 e. The van der Waals surface area contributed by atoms with Crippen LogP contribution in [0.25, 0.3) is 0 Å². The molecule has 2 heterocycles. The molecule has 2 fully saturated rings. The van der Waals surface area contributed by atoms with Crippen molar-refractivity contribution in [3.05, 3.63) is 41.9 Å². The Morgan fingerprint density at radius 3 is 1.86 bits per heavy atom. The Labute approximate surface area is 181 Å².